The Bertz CT molecular complexity index is 684. The van der Waals surface area contributed by atoms with E-state index in [9.17, 15) is 19.1 Å². The number of aryl methyl sites for hydroxylation is 1. The van der Waals surface area contributed by atoms with E-state index in [0.717, 1.165) is 6.07 Å². The minimum Gasteiger partial charge on any atom is -0.494 e. The van der Waals surface area contributed by atoms with Gasteiger partial charge in [0.2, 0.25) is 5.91 Å². The fraction of sp³-hybridized carbons (Fsp3) is 0.250. The molecule has 1 amide bonds. The van der Waals surface area contributed by atoms with Gasteiger partial charge in [-0.2, -0.15) is 0 Å². The second-order valence-electron chi connectivity index (χ2n) is 4.81. The van der Waals surface area contributed by atoms with Crippen molar-refractivity contribution >= 4 is 11.9 Å². The third kappa shape index (κ3) is 4.32. The van der Waals surface area contributed by atoms with Gasteiger partial charge < -0.3 is 19.6 Å². The number of methoxy groups -OCH3 is 1. The molecule has 23 heavy (non-hydrogen) atoms. The molecule has 1 heterocycles. The first-order valence-electron chi connectivity index (χ1n) is 6.89. The number of amides is 1. The van der Waals surface area contributed by atoms with Gasteiger partial charge in [0.1, 0.15) is 5.76 Å². The number of carbonyl (C=O) groups is 2. The molecule has 0 aliphatic heterocycles. The molecule has 7 heteroatoms. The largest absolute Gasteiger partial charge is 0.494 e. The van der Waals surface area contributed by atoms with E-state index in [1.807, 2.05) is 0 Å². The van der Waals surface area contributed by atoms with E-state index < -0.39 is 23.7 Å². The van der Waals surface area contributed by atoms with Crippen LogP contribution < -0.4 is 10.1 Å². The topological polar surface area (TPSA) is 88.8 Å². The van der Waals surface area contributed by atoms with Crippen molar-refractivity contribution in [2.24, 2.45) is 0 Å². The molecule has 0 radical (unpaired) electrons. The Labute approximate surface area is 131 Å². The Morgan fingerprint density at radius 2 is 2.17 bits per heavy atom. The molecule has 2 rings (SSSR count). The zero-order valence-electron chi connectivity index (χ0n) is 12.4. The maximum absolute atomic E-state index is 13.7. The van der Waals surface area contributed by atoms with Crippen molar-refractivity contribution in [1.82, 2.24) is 5.32 Å². The number of nitrogens with one attached hydrogen (secondary N) is 1. The van der Waals surface area contributed by atoms with Crippen molar-refractivity contribution in [1.29, 1.82) is 0 Å². The molecule has 1 atom stereocenters. The SMILES string of the molecule is COc1ccc(C(NC(=O)CCc2ccco2)C(=O)O)cc1F. The number of hydrogen-bond acceptors (Lipinski definition) is 4. The van der Waals surface area contributed by atoms with Crippen LogP contribution in [0.1, 0.15) is 23.8 Å². The molecule has 0 bridgehead atoms. The maximum atomic E-state index is 13.7. The number of benzene rings is 1. The van der Waals surface area contributed by atoms with E-state index in [1.54, 1.807) is 12.1 Å². The van der Waals surface area contributed by atoms with Crippen LogP contribution in [0.4, 0.5) is 4.39 Å². The number of carbonyl (C=O) groups excluding carboxylic acids is 1. The first-order valence-corrected chi connectivity index (χ1v) is 6.89. The highest BCUT2D eigenvalue weighted by Crippen LogP contribution is 2.22. The highest BCUT2D eigenvalue weighted by molar-refractivity contribution is 5.84. The van der Waals surface area contributed by atoms with Crippen LogP contribution in [0.5, 0.6) is 5.75 Å². The zero-order valence-corrected chi connectivity index (χ0v) is 12.4. The first kappa shape index (κ1) is 16.5. The van der Waals surface area contributed by atoms with Gasteiger partial charge in [-0.05, 0) is 29.8 Å². The zero-order chi connectivity index (χ0) is 16.8. The molecule has 1 aromatic carbocycles. The molecule has 0 fully saturated rings. The summed E-state index contributed by atoms with van der Waals surface area (Å²) in [5.41, 5.74) is 0.127. The fourth-order valence-corrected chi connectivity index (χ4v) is 2.07. The van der Waals surface area contributed by atoms with E-state index in [1.165, 1.54) is 25.5 Å². The quantitative estimate of drug-likeness (QED) is 0.817. The molecule has 0 aliphatic carbocycles. The van der Waals surface area contributed by atoms with Crippen molar-refractivity contribution in [3.05, 3.63) is 53.7 Å². The van der Waals surface area contributed by atoms with Crippen LogP contribution in [0.3, 0.4) is 0 Å². The van der Waals surface area contributed by atoms with Crippen molar-refractivity contribution in [3.8, 4) is 5.75 Å². The smallest absolute Gasteiger partial charge is 0.330 e. The summed E-state index contributed by atoms with van der Waals surface area (Å²) in [7, 11) is 1.31. The van der Waals surface area contributed by atoms with Gasteiger partial charge in [-0.1, -0.05) is 6.07 Å². The fourth-order valence-electron chi connectivity index (χ4n) is 2.07. The van der Waals surface area contributed by atoms with E-state index in [0.29, 0.717) is 12.2 Å². The van der Waals surface area contributed by atoms with Crippen LogP contribution >= 0.6 is 0 Å². The Balaban J connectivity index is 2.04. The average molecular weight is 321 g/mol. The van der Waals surface area contributed by atoms with Gasteiger partial charge in [0.05, 0.1) is 13.4 Å². The number of carboxylic acids is 1. The summed E-state index contributed by atoms with van der Waals surface area (Å²) in [6.07, 6.45) is 1.91. The molecule has 1 aromatic heterocycles. The van der Waals surface area contributed by atoms with Crippen LogP contribution in [0, 0.1) is 5.82 Å². The number of hydrogen-bond donors (Lipinski definition) is 2. The molecular formula is C16H16FNO5. The molecule has 0 saturated carbocycles. The number of carboxylic acid groups (broad SMARTS) is 1. The minimum absolute atomic E-state index is 0.00188. The van der Waals surface area contributed by atoms with E-state index in [2.05, 4.69) is 5.32 Å². The third-order valence-electron chi connectivity index (χ3n) is 3.24. The van der Waals surface area contributed by atoms with Crippen molar-refractivity contribution < 1.29 is 28.2 Å². The van der Waals surface area contributed by atoms with Crippen LogP contribution in [0.25, 0.3) is 0 Å². The molecule has 6 nitrogen and oxygen atoms in total. The summed E-state index contributed by atoms with van der Waals surface area (Å²) in [6, 6.07) is 5.83. The molecule has 0 spiro atoms. The monoisotopic (exact) mass is 321 g/mol. The molecule has 2 aromatic rings. The lowest BCUT2D eigenvalue weighted by atomic mass is 10.1. The first-order chi connectivity index (χ1) is 11.0. The molecule has 0 saturated heterocycles. The lowest BCUT2D eigenvalue weighted by Gasteiger charge is -2.15. The number of rotatable bonds is 7. The number of ether oxygens (including phenoxy) is 1. The maximum Gasteiger partial charge on any atom is 0.330 e. The Morgan fingerprint density at radius 1 is 1.39 bits per heavy atom. The highest BCUT2D eigenvalue weighted by atomic mass is 19.1. The molecule has 0 aliphatic rings. The summed E-state index contributed by atoms with van der Waals surface area (Å²) in [5.74, 6) is -1.81. The predicted molar refractivity (Wildman–Crippen MR) is 78.5 cm³/mol. The van der Waals surface area contributed by atoms with Crippen LogP contribution in [0.15, 0.2) is 41.0 Å². The lowest BCUT2D eigenvalue weighted by molar-refractivity contribution is -0.142. The minimum atomic E-state index is -1.33. The van der Waals surface area contributed by atoms with Crippen molar-refractivity contribution in [2.75, 3.05) is 7.11 Å². The van der Waals surface area contributed by atoms with Crippen LogP contribution in [0.2, 0.25) is 0 Å². The molecule has 1 unspecified atom stereocenters. The number of furan rings is 1. The van der Waals surface area contributed by atoms with Gasteiger partial charge in [-0.25, -0.2) is 9.18 Å². The average Bonchev–Trinajstić information content (AvgIpc) is 3.03. The summed E-state index contributed by atoms with van der Waals surface area (Å²) in [4.78, 5) is 23.2. The van der Waals surface area contributed by atoms with Gasteiger partial charge in [0.15, 0.2) is 17.6 Å². The van der Waals surface area contributed by atoms with Gasteiger partial charge in [0, 0.05) is 12.8 Å². The highest BCUT2D eigenvalue weighted by Gasteiger charge is 2.23. The van der Waals surface area contributed by atoms with E-state index in [-0.39, 0.29) is 17.7 Å². The Kier molecular flexibility index (Phi) is 5.35. The van der Waals surface area contributed by atoms with Crippen LogP contribution in [-0.2, 0) is 16.0 Å². The van der Waals surface area contributed by atoms with Gasteiger partial charge in [0.25, 0.3) is 0 Å². The normalized spacial score (nSPS) is 11.7. The summed E-state index contributed by atoms with van der Waals surface area (Å²) in [5, 5.41) is 11.6. The number of aliphatic carboxylic acids is 1. The van der Waals surface area contributed by atoms with Gasteiger partial charge >= 0.3 is 5.97 Å². The van der Waals surface area contributed by atoms with Crippen molar-refractivity contribution in [3.63, 3.8) is 0 Å². The van der Waals surface area contributed by atoms with Gasteiger partial charge in [-0.3, -0.25) is 4.79 Å². The summed E-state index contributed by atoms with van der Waals surface area (Å²) < 4.78 is 23.6. The summed E-state index contributed by atoms with van der Waals surface area (Å²) in [6.45, 7) is 0. The predicted octanol–water partition coefficient (Wildman–Crippen LogP) is 2.30. The Morgan fingerprint density at radius 3 is 2.74 bits per heavy atom. The lowest BCUT2D eigenvalue weighted by Crippen LogP contribution is -2.33. The molecule has 122 valence electrons. The number of halogens is 1. The van der Waals surface area contributed by atoms with Crippen molar-refractivity contribution in [2.45, 2.75) is 18.9 Å². The molecule has 2 N–H and O–H groups in total. The Hall–Kier alpha value is -2.83. The summed E-state index contributed by atoms with van der Waals surface area (Å²) >= 11 is 0. The van der Waals surface area contributed by atoms with Gasteiger partial charge in [-0.15, -0.1) is 0 Å². The molecular weight excluding hydrogens is 305 g/mol. The second kappa shape index (κ2) is 7.44. The van der Waals surface area contributed by atoms with E-state index >= 15 is 0 Å². The second-order valence-corrected chi connectivity index (χ2v) is 4.81. The van der Waals surface area contributed by atoms with Crippen LogP contribution in [-0.4, -0.2) is 24.1 Å². The standard InChI is InChI=1S/C16H16FNO5/c1-22-13-6-4-10(9-12(13)17)15(16(20)21)18-14(19)7-5-11-3-2-8-23-11/h2-4,6,8-9,15H,5,7H2,1H3,(H,18,19)(H,20,21). The third-order valence-corrected chi connectivity index (χ3v) is 3.24. The van der Waals surface area contributed by atoms with E-state index in [4.69, 9.17) is 9.15 Å².